The van der Waals surface area contributed by atoms with Gasteiger partial charge in [-0.25, -0.2) is 0 Å². The van der Waals surface area contributed by atoms with Crippen molar-refractivity contribution in [3.05, 3.63) is 310 Å². The molecule has 0 saturated carbocycles. The van der Waals surface area contributed by atoms with Gasteiger partial charge in [0.2, 0.25) is 0 Å². The molecule has 86 heavy (non-hydrogen) atoms. The molecule has 4 aromatic heterocycles. The van der Waals surface area contributed by atoms with E-state index >= 15 is 0 Å². The van der Waals surface area contributed by atoms with Crippen LogP contribution in [0.15, 0.2) is 243 Å². The monoisotopic (exact) mass is 1430 g/mol. The smallest absolute Gasteiger partial charge is 0.545 e. The zero-order chi connectivity index (χ0) is 61.8. The largest absolute Gasteiger partial charge is 3.00 e. The number of carboxylic acid groups (broad SMARTS) is 6. The van der Waals surface area contributed by atoms with Crippen LogP contribution in [0.1, 0.15) is 95.5 Å². The van der Waals surface area contributed by atoms with E-state index in [4.69, 9.17) is 0 Å². The Morgan fingerprint density at radius 2 is 0.349 bits per heavy atom. The summed E-state index contributed by atoms with van der Waals surface area (Å²) in [6, 6.07) is 62.5. The second-order valence-electron chi connectivity index (χ2n) is 17.8. The van der Waals surface area contributed by atoms with E-state index < -0.39 is 35.8 Å². The van der Waals surface area contributed by atoms with Crippen molar-refractivity contribution in [3.63, 3.8) is 0 Å². The summed E-state index contributed by atoms with van der Waals surface area (Å²) < 4.78 is 0. The second-order valence-corrected chi connectivity index (χ2v) is 17.8. The Morgan fingerprint density at radius 3 is 0.442 bits per heavy atom. The molecule has 16 nitrogen and oxygen atoms in total. The first-order valence-electron chi connectivity index (χ1n) is 25.5. The number of carbonyl (C=O) groups is 6. The van der Waals surface area contributed by atoms with Crippen molar-refractivity contribution in [1.82, 2.24) is 19.9 Å². The standard InChI is InChI=1S/2C10H8N2.6C8H8O2.2Sm/c2*1-3-7-11-9(5-1)10-6-2-4-8-12-10;6*1-6-2-4-7(5-3-6)8(9)10;;/h2*1-8H;6*2-5H,1H3,(H,9,10);;/q;;;;;;;;2*+3/p-6. The first-order chi connectivity index (χ1) is 40.1. The molecular formula is C68H58N4O12Sm2. The van der Waals surface area contributed by atoms with Crippen molar-refractivity contribution < 1.29 is 140 Å². The van der Waals surface area contributed by atoms with Gasteiger partial charge in [0.15, 0.2) is 0 Å². The molecule has 4 heterocycles. The average molecular weight is 1420 g/mol. The third-order valence-electron chi connectivity index (χ3n) is 10.9. The quantitative estimate of drug-likeness (QED) is 0.158. The van der Waals surface area contributed by atoms with E-state index in [9.17, 15) is 59.4 Å². The van der Waals surface area contributed by atoms with E-state index in [1.165, 1.54) is 72.8 Å². The van der Waals surface area contributed by atoms with Crippen molar-refractivity contribution in [2.24, 2.45) is 0 Å². The third-order valence-corrected chi connectivity index (χ3v) is 10.9. The number of benzene rings is 6. The molecule has 0 aliphatic rings. The fourth-order valence-electron chi connectivity index (χ4n) is 6.19. The molecule has 2 radical (unpaired) electrons. The summed E-state index contributed by atoms with van der Waals surface area (Å²) in [6.45, 7) is 11.4. The Balaban J connectivity index is 0.000000491. The summed E-state index contributed by atoms with van der Waals surface area (Å²) in [5.41, 5.74) is 11.3. The Labute approximate surface area is 564 Å². The normalized spacial score (nSPS) is 9.19. The van der Waals surface area contributed by atoms with E-state index in [0.29, 0.717) is 0 Å². The molecule has 18 heteroatoms. The number of hydrogen-bond donors (Lipinski definition) is 0. The van der Waals surface area contributed by atoms with E-state index in [1.54, 1.807) is 97.6 Å². The maximum atomic E-state index is 10.2. The molecule has 0 aliphatic heterocycles. The molecule has 10 rings (SSSR count). The van der Waals surface area contributed by atoms with Gasteiger partial charge in [-0.1, -0.05) is 203 Å². The van der Waals surface area contributed by atoms with E-state index in [2.05, 4.69) is 19.9 Å². The molecule has 0 spiro atoms. The van der Waals surface area contributed by atoms with Gasteiger partial charge >= 0.3 is 80.8 Å². The topological polar surface area (TPSA) is 292 Å². The van der Waals surface area contributed by atoms with Gasteiger partial charge in [0.1, 0.15) is 0 Å². The van der Waals surface area contributed by atoms with Crippen LogP contribution in [0.2, 0.25) is 0 Å². The van der Waals surface area contributed by atoms with Gasteiger partial charge in [0.05, 0.1) is 58.6 Å². The van der Waals surface area contributed by atoms with Crippen molar-refractivity contribution >= 4 is 35.8 Å². The Hall–Kier alpha value is -8.58. The molecule has 6 aromatic carbocycles. The SMILES string of the molecule is Cc1ccc(C(=O)[O-])cc1.Cc1ccc(C(=O)[O-])cc1.Cc1ccc(C(=O)[O-])cc1.Cc1ccc(C(=O)[O-])cc1.Cc1ccc(C(=O)[O-])cc1.Cc1ccc(C(=O)[O-])cc1.[Sm+3].[Sm+3].c1ccc(-c2ccccn2)nc1.c1ccc(-c2ccccn2)nc1. The Kier molecular flexibility index (Phi) is 37.1. The van der Waals surface area contributed by atoms with Crippen molar-refractivity contribution in [2.75, 3.05) is 0 Å². The Bertz CT molecular complexity index is 2990. The summed E-state index contributed by atoms with van der Waals surface area (Å²) in [6.07, 6.45) is 7.07. The van der Waals surface area contributed by atoms with Gasteiger partial charge in [0.25, 0.3) is 0 Å². The van der Waals surface area contributed by atoms with Gasteiger partial charge in [-0.2, -0.15) is 0 Å². The molecule has 0 N–H and O–H groups in total. The minimum atomic E-state index is -1.12. The van der Waals surface area contributed by atoms with Gasteiger partial charge in [-0.05, 0) is 123 Å². The molecule has 0 amide bonds. The zero-order valence-corrected chi connectivity index (χ0v) is 52.8. The number of nitrogens with zero attached hydrogens (tertiary/aromatic N) is 4. The van der Waals surface area contributed by atoms with Crippen molar-refractivity contribution in [1.29, 1.82) is 0 Å². The van der Waals surface area contributed by atoms with Crippen molar-refractivity contribution in [2.45, 2.75) is 41.5 Å². The van der Waals surface area contributed by atoms with Gasteiger partial charge in [-0.15, -0.1) is 0 Å². The third kappa shape index (κ3) is 31.4. The van der Waals surface area contributed by atoms with Crippen LogP contribution in [-0.2, 0) is 0 Å². The fraction of sp³-hybridized carbons (Fsp3) is 0.0882. The summed E-state index contributed by atoms with van der Waals surface area (Å²) >= 11 is 0. The van der Waals surface area contributed by atoms with E-state index in [1.807, 2.05) is 114 Å². The fourth-order valence-corrected chi connectivity index (χ4v) is 6.19. The molecule has 0 atom stereocenters. The minimum absolute atomic E-state index is 0. The molecule has 0 saturated heterocycles. The van der Waals surface area contributed by atoms with Crippen molar-refractivity contribution in [3.8, 4) is 22.8 Å². The van der Waals surface area contributed by atoms with Crippen LogP contribution in [0.25, 0.3) is 22.8 Å². The number of aromatic carboxylic acids is 6. The molecule has 0 bridgehead atoms. The summed E-state index contributed by atoms with van der Waals surface area (Å²) in [7, 11) is 0. The summed E-state index contributed by atoms with van der Waals surface area (Å²) in [5, 5.41) is 61.2. The predicted molar refractivity (Wildman–Crippen MR) is 308 cm³/mol. The van der Waals surface area contributed by atoms with Crippen LogP contribution < -0.4 is 30.6 Å². The predicted octanol–water partition coefficient (Wildman–Crippen LogP) is 6.44. The van der Waals surface area contributed by atoms with Crippen LogP contribution in [-0.4, -0.2) is 55.8 Å². The zero-order valence-electron chi connectivity index (χ0n) is 47.6. The molecule has 434 valence electrons. The summed E-state index contributed by atoms with van der Waals surface area (Å²) in [5.74, 6) is -6.75. The number of aromatic nitrogens is 4. The second kappa shape index (κ2) is 42.3. The number of carboxylic acids is 6. The molecule has 0 aliphatic carbocycles. The average Bonchev–Trinajstić information content (AvgIpc) is 3.52. The number of hydrogen-bond acceptors (Lipinski definition) is 16. The molecule has 10 aromatic rings. The van der Waals surface area contributed by atoms with Gasteiger partial charge < -0.3 is 59.4 Å². The number of aryl methyl sites for hydroxylation is 6. The number of carbonyl (C=O) groups excluding carboxylic acids is 6. The first kappa shape index (κ1) is 75.4. The summed E-state index contributed by atoms with van der Waals surface area (Å²) in [4.78, 5) is 78.0. The van der Waals surface area contributed by atoms with Gasteiger partial charge in [0, 0.05) is 24.8 Å². The number of pyridine rings is 4. The van der Waals surface area contributed by atoms with Gasteiger partial charge in [-0.3, -0.25) is 19.9 Å². The van der Waals surface area contributed by atoms with Crippen LogP contribution in [0.4, 0.5) is 0 Å². The van der Waals surface area contributed by atoms with E-state index in [0.717, 1.165) is 56.2 Å². The van der Waals surface area contributed by atoms with Crippen LogP contribution in [0, 0.1) is 122 Å². The molecular weight excluding hydrogens is 1370 g/mol. The molecule has 0 fully saturated rings. The maximum absolute atomic E-state index is 10.2. The van der Waals surface area contributed by atoms with Crippen LogP contribution >= 0.6 is 0 Å². The number of rotatable bonds is 8. The Morgan fingerprint density at radius 1 is 0.221 bits per heavy atom. The molecule has 0 unspecified atom stereocenters. The first-order valence-corrected chi connectivity index (χ1v) is 25.5. The van der Waals surface area contributed by atoms with Crippen LogP contribution in [0.3, 0.4) is 0 Å². The minimum Gasteiger partial charge on any atom is -0.545 e. The van der Waals surface area contributed by atoms with E-state index in [-0.39, 0.29) is 114 Å². The maximum Gasteiger partial charge on any atom is 3.00 e. The van der Waals surface area contributed by atoms with Crippen LogP contribution in [0.5, 0.6) is 0 Å².